The van der Waals surface area contributed by atoms with E-state index >= 15 is 0 Å². The molecule has 7 heteroatoms. The topological polar surface area (TPSA) is 46.2 Å². The van der Waals surface area contributed by atoms with Crippen LogP contribution in [0.15, 0.2) is 27.6 Å². The molecule has 114 valence electrons. The molecular formula is C13H18BrCl2NO2S. The minimum absolute atomic E-state index is 0.100. The van der Waals surface area contributed by atoms with Crippen molar-refractivity contribution in [2.75, 3.05) is 12.4 Å². The number of halogens is 3. The third kappa shape index (κ3) is 5.53. The summed E-state index contributed by atoms with van der Waals surface area (Å²) in [5.74, 6) is 0.785. The summed E-state index contributed by atoms with van der Waals surface area (Å²) in [6.07, 6.45) is 2.75. The normalized spacial score (nSPS) is 13.4. The van der Waals surface area contributed by atoms with E-state index in [4.69, 9.17) is 23.2 Å². The van der Waals surface area contributed by atoms with Crippen LogP contribution in [0.4, 0.5) is 0 Å². The predicted octanol–water partition coefficient (Wildman–Crippen LogP) is 4.43. The van der Waals surface area contributed by atoms with Crippen LogP contribution in [0, 0.1) is 5.92 Å². The van der Waals surface area contributed by atoms with Crippen molar-refractivity contribution in [3.05, 3.63) is 27.7 Å². The molecule has 0 aliphatic heterocycles. The molecule has 1 N–H and O–H groups in total. The van der Waals surface area contributed by atoms with Gasteiger partial charge in [0.25, 0.3) is 0 Å². The Morgan fingerprint density at radius 3 is 2.60 bits per heavy atom. The van der Waals surface area contributed by atoms with E-state index in [0.717, 1.165) is 23.7 Å². The average Bonchev–Trinajstić information content (AvgIpc) is 2.36. The highest BCUT2D eigenvalue weighted by Gasteiger charge is 2.19. The summed E-state index contributed by atoms with van der Waals surface area (Å²) in [7, 11) is -3.59. The van der Waals surface area contributed by atoms with Gasteiger partial charge in [0.05, 0.1) is 5.02 Å². The lowest BCUT2D eigenvalue weighted by atomic mass is 10.0. The summed E-state index contributed by atoms with van der Waals surface area (Å²) in [4.78, 5) is 0.100. The Hall–Kier alpha value is 0.190. The van der Waals surface area contributed by atoms with Gasteiger partial charge in [-0.1, -0.05) is 40.9 Å². The minimum Gasteiger partial charge on any atom is -0.211 e. The molecule has 3 nitrogen and oxygen atoms in total. The van der Waals surface area contributed by atoms with Crippen molar-refractivity contribution in [2.45, 2.75) is 31.1 Å². The highest BCUT2D eigenvalue weighted by Crippen LogP contribution is 2.25. The number of sulfonamides is 1. The van der Waals surface area contributed by atoms with Gasteiger partial charge in [-0.15, -0.1) is 11.6 Å². The predicted molar refractivity (Wildman–Crippen MR) is 88.1 cm³/mol. The molecule has 1 aromatic rings. The van der Waals surface area contributed by atoms with Crippen LogP contribution in [-0.2, 0) is 10.0 Å². The van der Waals surface area contributed by atoms with Crippen molar-refractivity contribution in [3.8, 4) is 0 Å². The van der Waals surface area contributed by atoms with Gasteiger partial charge in [-0.25, -0.2) is 13.1 Å². The summed E-state index contributed by atoms with van der Waals surface area (Å²) in [5.41, 5.74) is 0. The second kappa shape index (κ2) is 8.59. The van der Waals surface area contributed by atoms with Gasteiger partial charge in [-0.05, 0) is 37.0 Å². The fraction of sp³-hybridized carbons (Fsp3) is 0.538. The molecule has 0 fully saturated rings. The molecule has 0 saturated heterocycles. The van der Waals surface area contributed by atoms with Crippen LogP contribution in [0.5, 0.6) is 0 Å². The number of nitrogens with one attached hydrogen (secondary N) is 1. The number of alkyl halides is 1. The quantitative estimate of drug-likeness (QED) is 0.654. The Balaban J connectivity index is 2.78. The van der Waals surface area contributed by atoms with E-state index in [1.54, 1.807) is 12.1 Å². The average molecular weight is 403 g/mol. The van der Waals surface area contributed by atoms with Gasteiger partial charge in [0.1, 0.15) is 4.90 Å². The van der Waals surface area contributed by atoms with Gasteiger partial charge in [-0.3, -0.25) is 0 Å². The molecule has 0 aliphatic carbocycles. The smallest absolute Gasteiger partial charge is 0.211 e. The van der Waals surface area contributed by atoms with Crippen LogP contribution < -0.4 is 4.72 Å². The maximum Gasteiger partial charge on any atom is 0.242 e. The summed E-state index contributed by atoms with van der Waals surface area (Å²) in [5, 5.41) is 0.205. The maximum absolute atomic E-state index is 12.2. The molecule has 1 unspecified atom stereocenters. The summed E-state index contributed by atoms with van der Waals surface area (Å²) >= 11 is 15.0. The summed E-state index contributed by atoms with van der Waals surface area (Å²) in [6.45, 7) is 2.45. The van der Waals surface area contributed by atoms with Crippen LogP contribution in [0.1, 0.15) is 26.2 Å². The number of hydrogen-bond donors (Lipinski definition) is 1. The molecule has 0 radical (unpaired) electrons. The molecule has 1 aromatic carbocycles. The highest BCUT2D eigenvalue weighted by atomic mass is 79.9. The number of benzene rings is 1. The first kappa shape index (κ1) is 18.2. The molecular weight excluding hydrogens is 385 g/mol. The Labute approximate surface area is 139 Å². The molecule has 0 saturated carbocycles. The Bertz CT molecular complexity index is 531. The fourth-order valence-corrected chi connectivity index (χ4v) is 4.37. The lowest BCUT2D eigenvalue weighted by Crippen LogP contribution is -2.30. The van der Waals surface area contributed by atoms with Gasteiger partial charge in [0.2, 0.25) is 10.0 Å². The Kier molecular flexibility index (Phi) is 7.83. The third-order valence-corrected chi connectivity index (χ3v) is 5.58. The standard InChI is InChI=1S/C13H18BrCl2NO2S/c1-2-3-10(6-7-15)9-17-20(18,19)13-5-4-11(14)8-12(13)16/h4-5,8,10,17H,2-3,6-7,9H2,1H3. The number of hydrogen-bond acceptors (Lipinski definition) is 2. The van der Waals surface area contributed by atoms with Gasteiger partial charge in [0.15, 0.2) is 0 Å². The second-order valence-corrected chi connectivity index (χ2v) is 8.00. The molecule has 0 amide bonds. The zero-order valence-corrected chi connectivity index (χ0v) is 15.1. The van der Waals surface area contributed by atoms with Crippen LogP contribution in [0.2, 0.25) is 5.02 Å². The largest absolute Gasteiger partial charge is 0.242 e. The zero-order chi connectivity index (χ0) is 15.2. The number of rotatable bonds is 8. The SMILES string of the molecule is CCCC(CCCl)CNS(=O)(=O)c1ccc(Br)cc1Cl. The van der Waals surface area contributed by atoms with E-state index < -0.39 is 10.0 Å². The molecule has 20 heavy (non-hydrogen) atoms. The second-order valence-electron chi connectivity index (χ2n) is 4.56. The molecule has 0 aliphatic rings. The van der Waals surface area contributed by atoms with Crippen LogP contribution in [0.25, 0.3) is 0 Å². The first-order valence-electron chi connectivity index (χ1n) is 6.41. The van der Waals surface area contributed by atoms with Gasteiger partial charge >= 0.3 is 0 Å². The first-order valence-corrected chi connectivity index (χ1v) is 9.60. The fourth-order valence-electron chi connectivity index (χ4n) is 1.91. The molecule has 0 heterocycles. The summed E-state index contributed by atoms with van der Waals surface area (Å²) < 4.78 is 27.8. The van der Waals surface area contributed by atoms with Crippen molar-refractivity contribution in [1.29, 1.82) is 0 Å². The lowest BCUT2D eigenvalue weighted by molar-refractivity contribution is 0.457. The van der Waals surface area contributed by atoms with Gasteiger partial charge in [0, 0.05) is 16.9 Å². The third-order valence-electron chi connectivity index (χ3n) is 2.96. The van der Waals surface area contributed by atoms with Gasteiger partial charge < -0.3 is 0 Å². The maximum atomic E-state index is 12.2. The molecule has 1 atom stereocenters. The van der Waals surface area contributed by atoms with E-state index in [9.17, 15) is 8.42 Å². The van der Waals surface area contributed by atoms with Crippen molar-refractivity contribution >= 4 is 49.2 Å². The molecule has 0 bridgehead atoms. The first-order chi connectivity index (χ1) is 9.40. The lowest BCUT2D eigenvalue weighted by Gasteiger charge is -2.16. The minimum atomic E-state index is -3.59. The van der Waals surface area contributed by atoms with Crippen molar-refractivity contribution in [2.24, 2.45) is 5.92 Å². The molecule has 0 aromatic heterocycles. The van der Waals surface area contributed by atoms with Gasteiger partial charge in [-0.2, -0.15) is 0 Å². The molecule has 1 rings (SSSR count). The van der Waals surface area contributed by atoms with Crippen LogP contribution in [0.3, 0.4) is 0 Å². The van der Waals surface area contributed by atoms with Crippen molar-refractivity contribution in [3.63, 3.8) is 0 Å². The van der Waals surface area contributed by atoms with Crippen LogP contribution >= 0.6 is 39.1 Å². The molecule has 0 spiro atoms. The van der Waals surface area contributed by atoms with Crippen molar-refractivity contribution in [1.82, 2.24) is 4.72 Å². The highest BCUT2D eigenvalue weighted by molar-refractivity contribution is 9.10. The van der Waals surface area contributed by atoms with Crippen molar-refractivity contribution < 1.29 is 8.42 Å². The zero-order valence-electron chi connectivity index (χ0n) is 11.2. The van der Waals surface area contributed by atoms with E-state index in [1.165, 1.54) is 6.07 Å². The summed E-state index contributed by atoms with van der Waals surface area (Å²) in [6, 6.07) is 4.71. The Morgan fingerprint density at radius 1 is 1.35 bits per heavy atom. The Morgan fingerprint density at radius 2 is 2.05 bits per heavy atom. The van der Waals surface area contributed by atoms with E-state index in [2.05, 4.69) is 27.6 Å². The van der Waals surface area contributed by atoms with E-state index in [1.807, 2.05) is 0 Å². The van der Waals surface area contributed by atoms with E-state index in [-0.39, 0.29) is 15.8 Å². The van der Waals surface area contributed by atoms with Crippen LogP contribution in [-0.4, -0.2) is 20.8 Å². The van der Waals surface area contributed by atoms with E-state index in [0.29, 0.717) is 12.4 Å². The monoisotopic (exact) mass is 401 g/mol.